The molecule has 0 fully saturated rings. The van der Waals surface area contributed by atoms with Crippen LogP contribution in [0, 0.1) is 5.92 Å². The standard InChI is InChI=1S/C31H60N2O4/c1-25(2)20-16-13-11-9-7-8-10-12-14-17-21-29(34)28(6)31(27(5)26(3)4)37-36-24-33-23-19-15-18-22-30(32)35/h25,30,33-35H,3,7-24,32H2,1-2,4-6H3/b29-28-,31-27+. The van der Waals surface area contributed by atoms with Gasteiger partial charge in [-0.2, -0.15) is 4.89 Å². The van der Waals surface area contributed by atoms with Gasteiger partial charge in [-0.05, 0) is 64.5 Å². The summed E-state index contributed by atoms with van der Waals surface area (Å²) in [5.41, 5.74) is 7.79. The van der Waals surface area contributed by atoms with E-state index in [1.807, 2.05) is 20.8 Å². The molecular weight excluding hydrogens is 464 g/mol. The number of nitrogens with one attached hydrogen (secondary N) is 1. The molecule has 0 spiro atoms. The number of nitrogens with two attached hydrogens (primary N) is 1. The lowest BCUT2D eigenvalue weighted by Crippen LogP contribution is -2.20. The maximum Gasteiger partial charge on any atom is 0.174 e. The predicted molar refractivity (Wildman–Crippen MR) is 157 cm³/mol. The molecule has 218 valence electrons. The molecule has 0 bridgehead atoms. The predicted octanol–water partition coefficient (Wildman–Crippen LogP) is 8.34. The van der Waals surface area contributed by atoms with Gasteiger partial charge in [-0.15, -0.1) is 0 Å². The Kier molecular flexibility index (Phi) is 22.9. The van der Waals surface area contributed by atoms with Crippen molar-refractivity contribution in [1.29, 1.82) is 0 Å². The molecule has 0 aromatic heterocycles. The van der Waals surface area contributed by atoms with Crippen LogP contribution in [-0.4, -0.2) is 29.7 Å². The maximum absolute atomic E-state index is 10.7. The summed E-state index contributed by atoms with van der Waals surface area (Å²) < 4.78 is 0. The van der Waals surface area contributed by atoms with Gasteiger partial charge in [0, 0.05) is 12.0 Å². The van der Waals surface area contributed by atoms with Crippen LogP contribution < -0.4 is 11.1 Å². The van der Waals surface area contributed by atoms with Gasteiger partial charge in [0.15, 0.2) is 5.76 Å². The molecule has 0 aliphatic rings. The van der Waals surface area contributed by atoms with Gasteiger partial charge in [0.25, 0.3) is 0 Å². The fraction of sp³-hybridized carbons (Fsp3) is 0.806. The zero-order chi connectivity index (χ0) is 27.9. The third-order valence-corrected chi connectivity index (χ3v) is 6.86. The van der Waals surface area contributed by atoms with E-state index < -0.39 is 6.23 Å². The van der Waals surface area contributed by atoms with Crippen LogP contribution >= 0.6 is 0 Å². The summed E-state index contributed by atoms with van der Waals surface area (Å²) in [5, 5.41) is 23.0. The van der Waals surface area contributed by atoms with E-state index in [9.17, 15) is 5.11 Å². The van der Waals surface area contributed by atoms with Crippen LogP contribution in [0.15, 0.2) is 34.8 Å². The number of hydrogen-bond donors (Lipinski definition) is 4. The van der Waals surface area contributed by atoms with E-state index in [0.717, 1.165) is 55.7 Å². The Bertz CT molecular complexity index is 641. The first-order chi connectivity index (χ1) is 17.7. The van der Waals surface area contributed by atoms with Crippen LogP contribution in [0.4, 0.5) is 0 Å². The van der Waals surface area contributed by atoms with Crippen molar-refractivity contribution >= 4 is 0 Å². The molecule has 0 aliphatic carbocycles. The first-order valence-corrected chi connectivity index (χ1v) is 14.9. The summed E-state index contributed by atoms with van der Waals surface area (Å²) in [6, 6.07) is 0. The highest BCUT2D eigenvalue weighted by Gasteiger charge is 2.14. The Morgan fingerprint density at radius 3 is 1.84 bits per heavy atom. The number of hydrogen-bond acceptors (Lipinski definition) is 6. The summed E-state index contributed by atoms with van der Waals surface area (Å²) in [6.45, 7) is 15.4. The molecular formula is C31H60N2O4. The molecule has 0 saturated heterocycles. The topological polar surface area (TPSA) is 97.0 Å². The van der Waals surface area contributed by atoms with Crippen LogP contribution in [0.5, 0.6) is 0 Å². The lowest BCUT2D eigenvalue weighted by molar-refractivity contribution is -0.264. The van der Waals surface area contributed by atoms with E-state index >= 15 is 0 Å². The van der Waals surface area contributed by atoms with Gasteiger partial charge in [0.2, 0.25) is 0 Å². The lowest BCUT2D eigenvalue weighted by atomic mass is 10.0. The zero-order valence-corrected chi connectivity index (χ0v) is 24.9. The molecule has 0 saturated carbocycles. The molecule has 0 rings (SSSR count). The van der Waals surface area contributed by atoms with Crippen molar-refractivity contribution in [3.63, 3.8) is 0 Å². The largest absolute Gasteiger partial charge is 0.512 e. The van der Waals surface area contributed by atoms with E-state index in [2.05, 4.69) is 25.7 Å². The van der Waals surface area contributed by atoms with Gasteiger partial charge in [-0.3, -0.25) is 5.32 Å². The Hall–Kier alpha value is -1.34. The van der Waals surface area contributed by atoms with Crippen molar-refractivity contribution in [2.75, 3.05) is 13.3 Å². The quantitative estimate of drug-likeness (QED) is 0.0239. The van der Waals surface area contributed by atoms with Gasteiger partial charge < -0.3 is 20.8 Å². The number of aliphatic hydroxyl groups excluding tert-OH is 2. The highest BCUT2D eigenvalue weighted by molar-refractivity contribution is 5.38. The Morgan fingerprint density at radius 2 is 1.30 bits per heavy atom. The molecule has 1 atom stereocenters. The number of allylic oxidation sites excluding steroid dienone is 4. The molecule has 6 heteroatoms. The monoisotopic (exact) mass is 524 g/mol. The van der Waals surface area contributed by atoms with Gasteiger partial charge in [-0.1, -0.05) is 96.6 Å². The van der Waals surface area contributed by atoms with Crippen molar-refractivity contribution in [3.8, 4) is 0 Å². The summed E-state index contributed by atoms with van der Waals surface area (Å²) >= 11 is 0. The molecule has 1 unspecified atom stereocenters. The summed E-state index contributed by atoms with van der Waals surface area (Å²) in [4.78, 5) is 11.0. The van der Waals surface area contributed by atoms with Crippen molar-refractivity contribution < 1.29 is 20.0 Å². The Morgan fingerprint density at radius 1 is 0.784 bits per heavy atom. The molecule has 0 amide bonds. The molecule has 37 heavy (non-hydrogen) atoms. The van der Waals surface area contributed by atoms with E-state index in [-0.39, 0.29) is 6.73 Å². The molecule has 0 aliphatic heterocycles. The minimum Gasteiger partial charge on any atom is -0.512 e. The normalized spacial score (nSPS) is 13.9. The first-order valence-electron chi connectivity index (χ1n) is 14.9. The lowest BCUT2D eigenvalue weighted by Gasteiger charge is -2.15. The van der Waals surface area contributed by atoms with Crippen LogP contribution in [0.3, 0.4) is 0 Å². The summed E-state index contributed by atoms with van der Waals surface area (Å²) in [6.07, 6.45) is 17.6. The second-order valence-electron chi connectivity index (χ2n) is 11.0. The first kappa shape index (κ1) is 35.7. The average molecular weight is 525 g/mol. The smallest absolute Gasteiger partial charge is 0.174 e. The molecule has 0 radical (unpaired) electrons. The van der Waals surface area contributed by atoms with Crippen LogP contribution in [0.25, 0.3) is 0 Å². The minimum atomic E-state index is -0.719. The summed E-state index contributed by atoms with van der Waals surface area (Å²) in [5.74, 6) is 1.73. The summed E-state index contributed by atoms with van der Waals surface area (Å²) in [7, 11) is 0. The third-order valence-electron chi connectivity index (χ3n) is 6.86. The second-order valence-corrected chi connectivity index (χ2v) is 11.0. The van der Waals surface area contributed by atoms with Gasteiger partial charge in [0.1, 0.15) is 13.0 Å². The van der Waals surface area contributed by atoms with Gasteiger partial charge in [-0.25, -0.2) is 0 Å². The van der Waals surface area contributed by atoms with Crippen molar-refractivity contribution in [2.45, 2.75) is 144 Å². The Balaban J connectivity index is 4.20. The molecule has 0 aromatic rings. The van der Waals surface area contributed by atoms with E-state index in [4.69, 9.17) is 20.6 Å². The van der Waals surface area contributed by atoms with Crippen LogP contribution in [-0.2, 0) is 9.78 Å². The minimum absolute atomic E-state index is 0.248. The van der Waals surface area contributed by atoms with E-state index in [1.165, 1.54) is 57.8 Å². The fourth-order valence-corrected chi connectivity index (χ4v) is 4.16. The number of unbranched alkanes of at least 4 members (excludes halogenated alkanes) is 11. The highest BCUT2D eigenvalue weighted by atomic mass is 17.2. The van der Waals surface area contributed by atoms with Gasteiger partial charge in [0.05, 0.1) is 5.76 Å². The Labute approximate surface area is 228 Å². The zero-order valence-electron chi connectivity index (χ0n) is 24.9. The van der Waals surface area contributed by atoms with Gasteiger partial charge >= 0.3 is 0 Å². The SMILES string of the molecule is C=C(C)/C(C)=C(OOCNCCCCCC(N)O)\C(C)=C(/O)CCCCCCCCCCCCC(C)C. The molecule has 6 nitrogen and oxygen atoms in total. The highest BCUT2D eigenvalue weighted by Crippen LogP contribution is 2.25. The van der Waals surface area contributed by atoms with Crippen LogP contribution in [0.2, 0.25) is 0 Å². The number of aliphatic hydroxyl groups is 2. The van der Waals surface area contributed by atoms with E-state index in [1.54, 1.807) is 0 Å². The third kappa shape index (κ3) is 21.3. The molecule has 5 N–H and O–H groups in total. The molecule has 0 aromatic carbocycles. The molecule has 0 heterocycles. The van der Waals surface area contributed by atoms with Crippen molar-refractivity contribution in [2.24, 2.45) is 11.7 Å². The van der Waals surface area contributed by atoms with Crippen molar-refractivity contribution in [1.82, 2.24) is 5.32 Å². The average Bonchev–Trinajstić information content (AvgIpc) is 2.84. The fourth-order valence-electron chi connectivity index (χ4n) is 4.16. The second kappa shape index (κ2) is 23.8. The van der Waals surface area contributed by atoms with E-state index in [0.29, 0.717) is 29.9 Å². The van der Waals surface area contributed by atoms with Crippen LogP contribution in [0.1, 0.15) is 137 Å². The van der Waals surface area contributed by atoms with Crippen molar-refractivity contribution in [3.05, 3.63) is 34.8 Å². The number of rotatable bonds is 25. The maximum atomic E-state index is 10.7.